The number of hydrogen-bond donors (Lipinski definition) is 2. The minimum atomic E-state index is -0.255. The molecule has 8 nitrogen and oxygen atoms in total. The van der Waals surface area contributed by atoms with Crippen molar-refractivity contribution in [1.29, 1.82) is 0 Å². The van der Waals surface area contributed by atoms with Gasteiger partial charge in [0.2, 0.25) is 11.8 Å². The molecule has 1 rings (SSSR count). The van der Waals surface area contributed by atoms with Gasteiger partial charge in [0.15, 0.2) is 0 Å². The molecule has 0 radical (unpaired) electrons. The van der Waals surface area contributed by atoms with Crippen molar-refractivity contribution in [1.82, 2.24) is 25.2 Å². The predicted octanol–water partition coefficient (Wildman–Crippen LogP) is -1.42. The van der Waals surface area contributed by atoms with Gasteiger partial charge in [0, 0.05) is 27.2 Å². The van der Waals surface area contributed by atoms with Gasteiger partial charge in [-0.1, -0.05) is 12.1 Å². The monoisotopic (exact) mass is 268 g/mol. The number of nitrogens with two attached hydrogens (primary N) is 1. The summed E-state index contributed by atoms with van der Waals surface area (Å²) >= 11 is 0. The molecule has 0 bridgehead atoms. The molecule has 19 heavy (non-hydrogen) atoms. The van der Waals surface area contributed by atoms with Crippen molar-refractivity contribution in [3.8, 4) is 0 Å². The van der Waals surface area contributed by atoms with Gasteiger partial charge in [-0.05, 0) is 0 Å². The molecule has 1 aromatic rings. The summed E-state index contributed by atoms with van der Waals surface area (Å²) in [4.78, 5) is 24.8. The fraction of sp³-hybridized carbons (Fsp3) is 0.636. The van der Waals surface area contributed by atoms with E-state index in [0.29, 0.717) is 12.2 Å². The second-order valence-corrected chi connectivity index (χ2v) is 4.40. The van der Waals surface area contributed by atoms with Crippen LogP contribution in [0.4, 0.5) is 0 Å². The molecule has 0 aliphatic heterocycles. The fourth-order valence-corrected chi connectivity index (χ4v) is 1.61. The molecule has 3 N–H and O–H groups in total. The fourth-order valence-electron chi connectivity index (χ4n) is 1.61. The molecule has 106 valence electrons. The van der Waals surface area contributed by atoms with Crippen LogP contribution >= 0.6 is 0 Å². The summed E-state index contributed by atoms with van der Waals surface area (Å²) in [5, 5.41) is 10.2. The van der Waals surface area contributed by atoms with E-state index in [-0.39, 0.29) is 30.8 Å². The van der Waals surface area contributed by atoms with Crippen LogP contribution in [0.25, 0.3) is 0 Å². The topological polar surface area (TPSA) is 106 Å². The van der Waals surface area contributed by atoms with Gasteiger partial charge in [0.25, 0.3) is 0 Å². The molecule has 8 heteroatoms. The number of carbonyl (C=O) groups is 2. The molecule has 1 unspecified atom stereocenters. The largest absolute Gasteiger partial charge is 0.359 e. The third-order valence-corrected chi connectivity index (χ3v) is 2.76. The molecule has 0 aromatic carbocycles. The number of likely N-dealkylation sites (N-methyl/N-ethyl adjacent to an activating group) is 1. The summed E-state index contributed by atoms with van der Waals surface area (Å²) < 4.78 is 1.44. The van der Waals surface area contributed by atoms with Crippen molar-refractivity contribution in [3.63, 3.8) is 0 Å². The normalized spacial score (nSPS) is 12.0. The molecule has 0 fully saturated rings. The van der Waals surface area contributed by atoms with Gasteiger partial charge in [-0.3, -0.25) is 9.59 Å². The van der Waals surface area contributed by atoms with Gasteiger partial charge in [0.05, 0.1) is 17.8 Å². The number of nitrogens with zero attached hydrogens (tertiary/aromatic N) is 4. The van der Waals surface area contributed by atoms with E-state index in [1.807, 2.05) is 0 Å². The van der Waals surface area contributed by atoms with Crippen molar-refractivity contribution in [2.75, 3.05) is 20.6 Å². The lowest BCUT2D eigenvalue weighted by atomic mass is 10.1. The maximum Gasteiger partial charge on any atom is 0.244 e. The lowest BCUT2D eigenvalue weighted by Gasteiger charge is -2.20. The summed E-state index contributed by atoms with van der Waals surface area (Å²) in [5.41, 5.74) is 6.05. The average molecular weight is 268 g/mol. The van der Waals surface area contributed by atoms with Crippen LogP contribution in [0.3, 0.4) is 0 Å². The Balaban J connectivity index is 2.50. The number of carbonyl (C=O) groups excluding carboxylic acids is 2. The summed E-state index contributed by atoms with van der Waals surface area (Å²) in [6, 6.07) is 0. The van der Waals surface area contributed by atoms with Crippen molar-refractivity contribution in [2.45, 2.75) is 20.0 Å². The van der Waals surface area contributed by atoms with Crippen LogP contribution in [0.15, 0.2) is 6.20 Å². The van der Waals surface area contributed by atoms with Crippen LogP contribution in [0.2, 0.25) is 0 Å². The van der Waals surface area contributed by atoms with Gasteiger partial charge >= 0.3 is 0 Å². The van der Waals surface area contributed by atoms with E-state index in [1.165, 1.54) is 9.58 Å². The molecular formula is C11H20N6O2. The number of hydrogen-bond acceptors (Lipinski definition) is 5. The molecular weight excluding hydrogens is 248 g/mol. The minimum Gasteiger partial charge on any atom is -0.359 e. The van der Waals surface area contributed by atoms with Crippen molar-refractivity contribution in [2.24, 2.45) is 11.7 Å². The highest BCUT2D eigenvalue weighted by atomic mass is 16.2. The zero-order valence-corrected chi connectivity index (χ0v) is 11.5. The lowest BCUT2D eigenvalue weighted by molar-refractivity contribution is -0.132. The van der Waals surface area contributed by atoms with Crippen LogP contribution in [-0.4, -0.2) is 52.3 Å². The first kappa shape index (κ1) is 15.1. The highest BCUT2D eigenvalue weighted by molar-refractivity contribution is 5.80. The second-order valence-electron chi connectivity index (χ2n) is 4.40. The van der Waals surface area contributed by atoms with Crippen LogP contribution in [0.1, 0.15) is 12.6 Å². The maximum atomic E-state index is 11.9. The third-order valence-electron chi connectivity index (χ3n) is 2.76. The molecule has 2 amide bonds. The minimum absolute atomic E-state index is 0.0873. The smallest absolute Gasteiger partial charge is 0.244 e. The molecule has 0 spiro atoms. The maximum absolute atomic E-state index is 11.9. The standard InChI is InChI=1S/C11H20N6O2/c1-8(11(19)13-2)5-16(3)10(18)7-17-6-9(4-12)14-15-17/h6,8H,4-5,7,12H2,1-3H3,(H,13,19). The van der Waals surface area contributed by atoms with Gasteiger partial charge in [0.1, 0.15) is 6.54 Å². The summed E-state index contributed by atoms with van der Waals surface area (Å²) in [6.45, 7) is 2.50. The van der Waals surface area contributed by atoms with Crippen molar-refractivity contribution >= 4 is 11.8 Å². The Morgan fingerprint density at radius 2 is 2.26 bits per heavy atom. The molecule has 0 saturated carbocycles. The first-order chi connectivity index (χ1) is 8.97. The van der Waals surface area contributed by atoms with E-state index in [1.54, 1.807) is 27.2 Å². The molecule has 1 atom stereocenters. The van der Waals surface area contributed by atoms with Crippen LogP contribution in [-0.2, 0) is 22.7 Å². The van der Waals surface area contributed by atoms with Gasteiger partial charge in [-0.15, -0.1) is 5.10 Å². The van der Waals surface area contributed by atoms with Gasteiger partial charge < -0.3 is 16.0 Å². The zero-order valence-electron chi connectivity index (χ0n) is 11.5. The molecule has 1 aromatic heterocycles. The first-order valence-electron chi connectivity index (χ1n) is 6.02. The third kappa shape index (κ3) is 4.32. The van der Waals surface area contributed by atoms with E-state index in [2.05, 4.69) is 15.6 Å². The number of rotatable bonds is 6. The Kier molecular flexibility index (Phi) is 5.43. The molecule has 0 aliphatic carbocycles. The quantitative estimate of drug-likeness (QED) is 0.658. The predicted molar refractivity (Wildman–Crippen MR) is 68.8 cm³/mol. The number of aromatic nitrogens is 3. The Morgan fingerprint density at radius 1 is 1.58 bits per heavy atom. The van der Waals surface area contributed by atoms with Crippen LogP contribution < -0.4 is 11.1 Å². The van der Waals surface area contributed by atoms with E-state index in [0.717, 1.165) is 0 Å². The SMILES string of the molecule is CNC(=O)C(C)CN(C)C(=O)Cn1cc(CN)nn1. The first-order valence-corrected chi connectivity index (χ1v) is 6.02. The van der Waals surface area contributed by atoms with Crippen molar-refractivity contribution < 1.29 is 9.59 Å². The Hall–Kier alpha value is -1.96. The highest BCUT2D eigenvalue weighted by Gasteiger charge is 2.17. The van der Waals surface area contributed by atoms with Crippen LogP contribution in [0.5, 0.6) is 0 Å². The van der Waals surface area contributed by atoms with Gasteiger partial charge in [-0.25, -0.2) is 4.68 Å². The van der Waals surface area contributed by atoms with Gasteiger partial charge in [-0.2, -0.15) is 0 Å². The Labute approximate surface area is 111 Å². The lowest BCUT2D eigenvalue weighted by Crippen LogP contribution is -2.38. The summed E-state index contributed by atoms with van der Waals surface area (Å²) in [6.07, 6.45) is 1.63. The second kappa shape index (κ2) is 6.83. The summed E-state index contributed by atoms with van der Waals surface area (Å²) in [5.74, 6) is -0.482. The zero-order chi connectivity index (χ0) is 14.4. The molecule has 0 aliphatic rings. The Bertz CT molecular complexity index is 444. The van der Waals surface area contributed by atoms with Crippen molar-refractivity contribution in [3.05, 3.63) is 11.9 Å². The Morgan fingerprint density at radius 3 is 2.79 bits per heavy atom. The highest BCUT2D eigenvalue weighted by Crippen LogP contribution is 2.00. The molecule has 0 saturated heterocycles. The van der Waals surface area contributed by atoms with E-state index in [4.69, 9.17) is 5.73 Å². The molecule has 1 heterocycles. The van der Waals surface area contributed by atoms with E-state index >= 15 is 0 Å². The number of nitrogens with one attached hydrogen (secondary N) is 1. The van der Waals surface area contributed by atoms with E-state index in [9.17, 15) is 9.59 Å². The average Bonchev–Trinajstić information content (AvgIpc) is 2.85. The van der Waals surface area contributed by atoms with E-state index < -0.39 is 0 Å². The number of amides is 2. The summed E-state index contributed by atoms with van der Waals surface area (Å²) in [7, 11) is 3.23. The van der Waals surface area contributed by atoms with Crippen LogP contribution in [0, 0.1) is 5.92 Å².